The summed E-state index contributed by atoms with van der Waals surface area (Å²) in [5, 5.41) is 16.1. The molecular formula is C17H24N6O3. The van der Waals surface area contributed by atoms with Crippen LogP contribution in [0.5, 0.6) is 0 Å². The fourth-order valence-corrected chi connectivity index (χ4v) is 2.46. The number of aromatic nitrogens is 3. The molecule has 1 aromatic heterocycles. The van der Waals surface area contributed by atoms with Gasteiger partial charge in [-0.25, -0.2) is 4.79 Å². The highest BCUT2D eigenvalue weighted by Crippen LogP contribution is 2.13. The average Bonchev–Trinajstić information content (AvgIpc) is 3.10. The molecule has 0 unspecified atom stereocenters. The van der Waals surface area contributed by atoms with E-state index in [4.69, 9.17) is 4.74 Å². The predicted molar refractivity (Wildman–Crippen MR) is 96.9 cm³/mol. The van der Waals surface area contributed by atoms with Gasteiger partial charge in [0.05, 0.1) is 6.04 Å². The predicted octanol–water partition coefficient (Wildman–Crippen LogP) is 1.56. The van der Waals surface area contributed by atoms with E-state index < -0.39 is 6.03 Å². The van der Waals surface area contributed by atoms with Crippen molar-refractivity contribution in [2.45, 2.75) is 25.9 Å². The molecule has 0 spiro atoms. The highest BCUT2D eigenvalue weighted by molar-refractivity contribution is 5.96. The number of methoxy groups -OCH3 is 1. The van der Waals surface area contributed by atoms with E-state index in [9.17, 15) is 9.59 Å². The zero-order valence-corrected chi connectivity index (χ0v) is 15.2. The van der Waals surface area contributed by atoms with Gasteiger partial charge >= 0.3 is 6.03 Å². The molecule has 0 saturated carbocycles. The van der Waals surface area contributed by atoms with Crippen LogP contribution in [0.4, 0.5) is 10.5 Å². The van der Waals surface area contributed by atoms with Crippen molar-refractivity contribution in [1.29, 1.82) is 0 Å². The van der Waals surface area contributed by atoms with Gasteiger partial charge < -0.3 is 25.3 Å². The molecule has 2 rings (SSSR count). The van der Waals surface area contributed by atoms with Crippen molar-refractivity contribution < 1.29 is 14.3 Å². The molecule has 9 heteroatoms. The van der Waals surface area contributed by atoms with E-state index in [0.717, 1.165) is 6.42 Å². The number of hydrogen-bond donors (Lipinski definition) is 3. The molecule has 26 heavy (non-hydrogen) atoms. The van der Waals surface area contributed by atoms with Gasteiger partial charge in [0.25, 0.3) is 5.91 Å². The topological polar surface area (TPSA) is 110 Å². The number of carbonyl (C=O) groups excluding carboxylic acids is 2. The van der Waals surface area contributed by atoms with Gasteiger partial charge in [-0.05, 0) is 31.5 Å². The van der Waals surface area contributed by atoms with Gasteiger partial charge in [-0.1, -0.05) is 6.07 Å². The smallest absolute Gasteiger partial charge is 0.319 e. The Morgan fingerprint density at radius 2 is 2.15 bits per heavy atom. The second kappa shape index (κ2) is 9.52. The Kier molecular flexibility index (Phi) is 7.10. The van der Waals surface area contributed by atoms with Crippen LogP contribution in [0.1, 0.15) is 35.6 Å². The number of anilines is 1. The lowest BCUT2D eigenvalue weighted by Gasteiger charge is -2.15. The fraction of sp³-hybridized carbons (Fsp3) is 0.412. The number of nitrogens with one attached hydrogen (secondary N) is 3. The zero-order valence-electron chi connectivity index (χ0n) is 15.2. The number of hydrogen-bond acceptors (Lipinski definition) is 5. The van der Waals surface area contributed by atoms with Crippen LogP contribution in [-0.2, 0) is 11.3 Å². The molecule has 0 aliphatic carbocycles. The molecule has 0 aliphatic heterocycles. The van der Waals surface area contributed by atoms with Gasteiger partial charge in [-0.3, -0.25) is 4.79 Å². The molecule has 9 nitrogen and oxygen atoms in total. The average molecular weight is 360 g/mol. The van der Waals surface area contributed by atoms with E-state index in [1.54, 1.807) is 44.8 Å². The molecule has 3 amide bonds. The van der Waals surface area contributed by atoms with E-state index in [1.807, 2.05) is 11.5 Å². The number of benzene rings is 1. The van der Waals surface area contributed by atoms with Crippen LogP contribution >= 0.6 is 0 Å². The Hall–Kier alpha value is -2.94. The molecule has 0 aliphatic rings. The minimum Gasteiger partial charge on any atom is -0.385 e. The summed E-state index contributed by atoms with van der Waals surface area (Å²) in [7, 11) is 3.21. The summed E-state index contributed by atoms with van der Waals surface area (Å²) < 4.78 is 6.93. The van der Waals surface area contributed by atoms with E-state index >= 15 is 0 Å². The van der Waals surface area contributed by atoms with Crippen LogP contribution in [-0.4, -0.2) is 47.5 Å². The molecule has 1 atom stereocenters. The molecule has 0 bridgehead atoms. The van der Waals surface area contributed by atoms with E-state index in [0.29, 0.717) is 30.2 Å². The number of carbonyl (C=O) groups is 2. The van der Waals surface area contributed by atoms with Crippen LogP contribution in [0.3, 0.4) is 0 Å². The zero-order chi connectivity index (χ0) is 18.9. The maximum atomic E-state index is 12.2. The Morgan fingerprint density at radius 1 is 1.35 bits per heavy atom. The Morgan fingerprint density at radius 3 is 2.88 bits per heavy atom. The summed E-state index contributed by atoms with van der Waals surface area (Å²) in [6.45, 7) is 3.18. The van der Waals surface area contributed by atoms with Crippen molar-refractivity contribution in [3.8, 4) is 0 Å². The number of urea groups is 1. The number of aryl methyl sites for hydroxylation is 1. The van der Waals surface area contributed by atoms with E-state index in [1.165, 1.54) is 0 Å². The normalized spacial score (nSPS) is 11.7. The Balaban J connectivity index is 1.95. The number of nitrogens with zero attached hydrogens (tertiary/aromatic N) is 3. The standard InChI is InChI=1S/C17H24N6O3/c1-12(15-22-19-11-23(15)8-5-9-26-3)20-17(25)21-14-7-4-6-13(10-14)16(24)18-2/h4,6-7,10-12H,5,8-9H2,1-3H3,(H,18,24)(H2,20,21,25)/t12-/m1/s1. The monoisotopic (exact) mass is 360 g/mol. The quantitative estimate of drug-likeness (QED) is 0.619. The largest absolute Gasteiger partial charge is 0.385 e. The van der Waals surface area contributed by atoms with Gasteiger partial charge in [0, 0.05) is 38.6 Å². The number of rotatable bonds is 8. The molecule has 0 saturated heterocycles. The number of ether oxygens (including phenoxy) is 1. The Bertz CT molecular complexity index is 746. The van der Waals surface area contributed by atoms with Crippen LogP contribution in [0.25, 0.3) is 0 Å². The van der Waals surface area contributed by atoms with Crippen LogP contribution in [0.2, 0.25) is 0 Å². The molecular weight excluding hydrogens is 336 g/mol. The summed E-state index contributed by atoms with van der Waals surface area (Å²) in [5.74, 6) is 0.446. The first-order valence-electron chi connectivity index (χ1n) is 8.31. The maximum absolute atomic E-state index is 12.2. The van der Waals surface area contributed by atoms with Crippen molar-refractivity contribution >= 4 is 17.6 Å². The molecule has 0 radical (unpaired) electrons. The van der Waals surface area contributed by atoms with Gasteiger partial charge in [0.2, 0.25) is 0 Å². The molecule has 1 aromatic carbocycles. The second-order valence-corrected chi connectivity index (χ2v) is 5.71. The first-order valence-corrected chi connectivity index (χ1v) is 8.31. The third-order valence-corrected chi connectivity index (χ3v) is 3.74. The summed E-state index contributed by atoms with van der Waals surface area (Å²) in [5.41, 5.74) is 0.994. The van der Waals surface area contributed by atoms with Gasteiger partial charge in [-0.15, -0.1) is 10.2 Å². The lowest BCUT2D eigenvalue weighted by Crippen LogP contribution is -2.32. The summed E-state index contributed by atoms with van der Waals surface area (Å²) >= 11 is 0. The maximum Gasteiger partial charge on any atom is 0.319 e. The SMILES string of the molecule is CNC(=O)c1cccc(NC(=O)N[C@H](C)c2nncn2CCCOC)c1. The van der Waals surface area contributed by atoms with E-state index in [-0.39, 0.29) is 11.9 Å². The molecule has 140 valence electrons. The highest BCUT2D eigenvalue weighted by Gasteiger charge is 2.16. The summed E-state index contributed by atoms with van der Waals surface area (Å²) in [6, 6.07) is 5.98. The fourth-order valence-electron chi connectivity index (χ4n) is 2.46. The van der Waals surface area contributed by atoms with Crippen molar-refractivity contribution in [3.63, 3.8) is 0 Å². The molecule has 2 aromatic rings. The Labute approximate surface area is 152 Å². The molecule has 3 N–H and O–H groups in total. The van der Waals surface area contributed by atoms with Gasteiger partial charge in [0.1, 0.15) is 6.33 Å². The van der Waals surface area contributed by atoms with Gasteiger partial charge in [0.15, 0.2) is 5.82 Å². The van der Waals surface area contributed by atoms with E-state index in [2.05, 4.69) is 26.1 Å². The van der Waals surface area contributed by atoms with Crippen LogP contribution in [0.15, 0.2) is 30.6 Å². The van der Waals surface area contributed by atoms with Crippen molar-refractivity contribution in [3.05, 3.63) is 42.0 Å². The minimum absolute atomic E-state index is 0.216. The summed E-state index contributed by atoms with van der Waals surface area (Å²) in [6.07, 6.45) is 2.46. The first kappa shape index (κ1) is 19.4. The van der Waals surface area contributed by atoms with Crippen molar-refractivity contribution in [2.75, 3.05) is 26.1 Å². The second-order valence-electron chi connectivity index (χ2n) is 5.71. The molecule has 0 fully saturated rings. The van der Waals surface area contributed by atoms with Crippen molar-refractivity contribution in [1.82, 2.24) is 25.4 Å². The van der Waals surface area contributed by atoms with Gasteiger partial charge in [-0.2, -0.15) is 0 Å². The lowest BCUT2D eigenvalue weighted by molar-refractivity contribution is 0.0963. The molecule has 1 heterocycles. The first-order chi connectivity index (χ1) is 12.5. The number of amides is 3. The van der Waals surface area contributed by atoms with Crippen molar-refractivity contribution in [2.24, 2.45) is 0 Å². The van der Waals surface area contributed by atoms with Crippen LogP contribution in [0, 0.1) is 0 Å². The summed E-state index contributed by atoms with van der Waals surface area (Å²) in [4.78, 5) is 23.9. The highest BCUT2D eigenvalue weighted by atomic mass is 16.5. The minimum atomic E-state index is -0.391. The van der Waals surface area contributed by atoms with Crippen LogP contribution < -0.4 is 16.0 Å². The lowest BCUT2D eigenvalue weighted by atomic mass is 10.2. The third kappa shape index (κ3) is 5.28. The third-order valence-electron chi connectivity index (χ3n) is 3.74.